The van der Waals surface area contributed by atoms with Gasteiger partial charge in [-0.1, -0.05) is 6.07 Å². The van der Waals surface area contributed by atoms with E-state index in [1.165, 1.54) is 12.1 Å². The standard InChI is InChI=1S/C20H21FN4O/c21-17-6-4-15(5-7-17)18(26)10-14-24-12-8-16(9-13-24)20-23-22-19-3-1-2-11-25(19)20/h1-7,11,16H,8-10,12-14H2. The van der Waals surface area contributed by atoms with E-state index in [1.54, 1.807) is 12.1 Å². The van der Waals surface area contributed by atoms with E-state index < -0.39 is 0 Å². The number of carbonyl (C=O) groups excluding carboxylic acids is 1. The Morgan fingerprint density at radius 3 is 2.62 bits per heavy atom. The second kappa shape index (κ2) is 7.33. The minimum Gasteiger partial charge on any atom is -0.303 e. The van der Waals surface area contributed by atoms with Crippen LogP contribution < -0.4 is 0 Å². The van der Waals surface area contributed by atoms with Crippen molar-refractivity contribution in [1.29, 1.82) is 0 Å². The van der Waals surface area contributed by atoms with Gasteiger partial charge in [0, 0.05) is 30.6 Å². The molecule has 0 saturated carbocycles. The van der Waals surface area contributed by atoms with Gasteiger partial charge in [-0.15, -0.1) is 10.2 Å². The van der Waals surface area contributed by atoms with Gasteiger partial charge in [0.2, 0.25) is 0 Å². The van der Waals surface area contributed by atoms with Gasteiger partial charge in [-0.25, -0.2) is 4.39 Å². The van der Waals surface area contributed by atoms with Gasteiger partial charge in [0.25, 0.3) is 0 Å². The molecular formula is C20H21FN4O. The van der Waals surface area contributed by atoms with E-state index in [2.05, 4.69) is 19.5 Å². The topological polar surface area (TPSA) is 50.5 Å². The van der Waals surface area contributed by atoms with Crippen LogP contribution in [-0.2, 0) is 0 Å². The maximum atomic E-state index is 12.9. The number of Topliss-reactive ketones (excluding diaryl/α,β-unsaturated/α-hetero) is 1. The summed E-state index contributed by atoms with van der Waals surface area (Å²) in [4.78, 5) is 14.5. The predicted octanol–water partition coefficient (Wildman–Crippen LogP) is 3.32. The molecule has 1 saturated heterocycles. The van der Waals surface area contributed by atoms with Crippen molar-refractivity contribution < 1.29 is 9.18 Å². The zero-order chi connectivity index (χ0) is 17.9. The molecule has 1 aromatic carbocycles. The molecule has 0 spiro atoms. The first-order chi connectivity index (χ1) is 12.7. The van der Waals surface area contributed by atoms with Gasteiger partial charge >= 0.3 is 0 Å². The van der Waals surface area contributed by atoms with Gasteiger partial charge in [0.05, 0.1) is 0 Å². The summed E-state index contributed by atoms with van der Waals surface area (Å²) in [5, 5.41) is 8.61. The highest BCUT2D eigenvalue weighted by Gasteiger charge is 2.24. The zero-order valence-corrected chi connectivity index (χ0v) is 14.5. The van der Waals surface area contributed by atoms with E-state index in [0.717, 1.165) is 43.9 Å². The summed E-state index contributed by atoms with van der Waals surface area (Å²) in [6.07, 6.45) is 4.50. The van der Waals surface area contributed by atoms with E-state index in [-0.39, 0.29) is 11.6 Å². The number of nitrogens with zero attached hydrogens (tertiary/aromatic N) is 4. The number of rotatable bonds is 5. The summed E-state index contributed by atoms with van der Waals surface area (Å²) in [5.74, 6) is 1.18. The fraction of sp³-hybridized carbons (Fsp3) is 0.350. The Morgan fingerprint density at radius 2 is 1.85 bits per heavy atom. The molecule has 0 bridgehead atoms. The number of hydrogen-bond acceptors (Lipinski definition) is 4. The van der Waals surface area contributed by atoms with Crippen LogP contribution in [0.1, 0.15) is 41.4 Å². The van der Waals surface area contributed by atoms with Gasteiger partial charge in [-0.2, -0.15) is 0 Å². The molecule has 5 nitrogen and oxygen atoms in total. The molecule has 1 aliphatic rings. The second-order valence-electron chi connectivity index (χ2n) is 6.78. The SMILES string of the molecule is O=C(CCN1CCC(c2nnc3ccccn23)CC1)c1ccc(F)cc1. The van der Waals surface area contributed by atoms with Crippen LogP contribution >= 0.6 is 0 Å². The maximum absolute atomic E-state index is 12.9. The van der Waals surface area contributed by atoms with Crippen LogP contribution in [0.3, 0.4) is 0 Å². The van der Waals surface area contributed by atoms with Crippen molar-refractivity contribution in [1.82, 2.24) is 19.5 Å². The fourth-order valence-electron chi connectivity index (χ4n) is 3.59. The van der Waals surface area contributed by atoms with Crippen LogP contribution in [0.15, 0.2) is 48.7 Å². The lowest BCUT2D eigenvalue weighted by Gasteiger charge is -2.30. The first-order valence-corrected chi connectivity index (χ1v) is 9.01. The number of halogens is 1. The third kappa shape index (κ3) is 3.51. The lowest BCUT2D eigenvalue weighted by atomic mass is 9.95. The third-order valence-electron chi connectivity index (χ3n) is 5.11. The van der Waals surface area contributed by atoms with Crippen molar-refractivity contribution in [2.24, 2.45) is 0 Å². The van der Waals surface area contributed by atoms with Crippen LogP contribution in [-0.4, -0.2) is 44.9 Å². The first kappa shape index (κ1) is 16.8. The Balaban J connectivity index is 1.31. The summed E-state index contributed by atoms with van der Waals surface area (Å²) < 4.78 is 15.0. The predicted molar refractivity (Wildman–Crippen MR) is 96.7 cm³/mol. The van der Waals surface area contributed by atoms with Crippen LogP contribution in [0, 0.1) is 5.82 Å². The van der Waals surface area contributed by atoms with Gasteiger partial charge in [0.1, 0.15) is 11.6 Å². The highest BCUT2D eigenvalue weighted by molar-refractivity contribution is 5.96. The van der Waals surface area contributed by atoms with Crippen molar-refractivity contribution in [2.45, 2.75) is 25.2 Å². The molecular weight excluding hydrogens is 331 g/mol. The smallest absolute Gasteiger partial charge is 0.164 e. The number of aromatic nitrogens is 3. The number of piperidine rings is 1. The molecule has 0 amide bonds. The van der Waals surface area contributed by atoms with Crippen LogP contribution in [0.2, 0.25) is 0 Å². The van der Waals surface area contributed by atoms with E-state index in [9.17, 15) is 9.18 Å². The summed E-state index contributed by atoms with van der Waals surface area (Å²) in [7, 11) is 0. The monoisotopic (exact) mass is 352 g/mol. The highest BCUT2D eigenvalue weighted by Crippen LogP contribution is 2.27. The molecule has 4 rings (SSSR count). The number of likely N-dealkylation sites (tertiary alicyclic amines) is 1. The van der Waals surface area contributed by atoms with Crippen molar-refractivity contribution in [3.05, 3.63) is 65.9 Å². The number of pyridine rings is 1. The molecule has 1 fully saturated rings. The van der Waals surface area contributed by atoms with Crippen molar-refractivity contribution in [3.63, 3.8) is 0 Å². The van der Waals surface area contributed by atoms with Gasteiger partial charge in [-0.05, 0) is 62.3 Å². The molecule has 0 atom stereocenters. The summed E-state index contributed by atoms with van der Waals surface area (Å²) in [6, 6.07) is 11.7. The lowest BCUT2D eigenvalue weighted by Crippen LogP contribution is -2.35. The van der Waals surface area contributed by atoms with E-state index in [1.807, 2.05) is 24.4 Å². The van der Waals surface area contributed by atoms with E-state index in [0.29, 0.717) is 17.9 Å². The average Bonchev–Trinajstić information content (AvgIpc) is 3.11. The highest BCUT2D eigenvalue weighted by atomic mass is 19.1. The number of benzene rings is 1. The first-order valence-electron chi connectivity index (χ1n) is 9.01. The Kier molecular flexibility index (Phi) is 4.75. The average molecular weight is 352 g/mol. The van der Waals surface area contributed by atoms with E-state index >= 15 is 0 Å². The molecule has 2 aromatic heterocycles. The van der Waals surface area contributed by atoms with Crippen molar-refractivity contribution >= 4 is 11.4 Å². The van der Waals surface area contributed by atoms with Crippen LogP contribution in [0.5, 0.6) is 0 Å². The van der Waals surface area contributed by atoms with Gasteiger partial charge < -0.3 is 4.90 Å². The summed E-state index contributed by atoms with van der Waals surface area (Å²) in [6.45, 7) is 2.63. The maximum Gasteiger partial charge on any atom is 0.164 e. The Bertz CT molecular complexity index is 898. The molecule has 0 radical (unpaired) electrons. The number of carbonyl (C=O) groups is 1. The summed E-state index contributed by atoms with van der Waals surface area (Å²) >= 11 is 0. The van der Waals surface area contributed by atoms with Gasteiger partial charge in [0.15, 0.2) is 11.4 Å². The zero-order valence-electron chi connectivity index (χ0n) is 14.5. The van der Waals surface area contributed by atoms with Crippen molar-refractivity contribution in [3.8, 4) is 0 Å². The van der Waals surface area contributed by atoms with E-state index in [4.69, 9.17) is 0 Å². The number of fused-ring (bicyclic) bond motifs is 1. The third-order valence-corrected chi connectivity index (χ3v) is 5.11. The Labute approximate surface area is 151 Å². The molecule has 3 aromatic rings. The Hall–Kier alpha value is -2.60. The van der Waals surface area contributed by atoms with Crippen LogP contribution in [0.25, 0.3) is 5.65 Å². The minimum absolute atomic E-state index is 0.0653. The van der Waals surface area contributed by atoms with Crippen molar-refractivity contribution in [2.75, 3.05) is 19.6 Å². The molecule has 134 valence electrons. The van der Waals surface area contributed by atoms with Gasteiger partial charge in [-0.3, -0.25) is 9.20 Å². The molecule has 0 unspecified atom stereocenters. The van der Waals surface area contributed by atoms with Crippen LogP contribution in [0.4, 0.5) is 4.39 Å². The molecule has 1 aliphatic heterocycles. The molecule has 0 N–H and O–H groups in total. The number of ketones is 1. The lowest BCUT2D eigenvalue weighted by molar-refractivity contribution is 0.0956. The molecule has 3 heterocycles. The second-order valence-corrected chi connectivity index (χ2v) is 6.78. The number of hydrogen-bond donors (Lipinski definition) is 0. The molecule has 26 heavy (non-hydrogen) atoms. The largest absolute Gasteiger partial charge is 0.303 e. The summed E-state index contributed by atoms with van der Waals surface area (Å²) in [5.41, 5.74) is 1.46. The quantitative estimate of drug-likeness (QED) is 0.661. The normalized spacial score (nSPS) is 16.2. The Morgan fingerprint density at radius 1 is 1.08 bits per heavy atom. The fourth-order valence-corrected chi connectivity index (χ4v) is 3.59. The molecule has 6 heteroatoms. The minimum atomic E-state index is -0.315. The molecule has 0 aliphatic carbocycles.